The van der Waals surface area contributed by atoms with Crippen LogP contribution in [0.25, 0.3) is 0 Å². The van der Waals surface area contributed by atoms with Gasteiger partial charge in [-0.05, 0) is 36.0 Å². The van der Waals surface area contributed by atoms with E-state index in [0.29, 0.717) is 19.1 Å². The molecule has 0 bridgehead atoms. The Hall–Kier alpha value is -2.24. The lowest BCUT2D eigenvalue weighted by Crippen LogP contribution is -2.23. The van der Waals surface area contributed by atoms with E-state index in [1.165, 1.54) is 5.56 Å². The molecule has 0 heterocycles. The van der Waals surface area contributed by atoms with Gasteiger partial charge in [-0.25, -0.2) is 0 Å². The molecule has 0 aromatic heterocycles. The summed E-state index contributed by atoms with van der Waals surface area (Å²) in [6, 6.07) is 7.87. The molecule has 1 fully saturated rings. The van der Waals surface area contributed by atoms with E-state index < -0.39 is 5.97 Å². The molecule has 6 heteroatoms. The van der Waals surface area contributed by atoms with E-state index in [-0.39, 0.29) is 18.3 Å². The molecule has 1 aliphatic carbocycles. The monoisotopic (exact) mass is 291 g/mol. The Labute approximate surface area is 123 Å². The Balaban J connectivity index is 1.73. The lowest BCUT2D eigenvalue weighted by atomic mass is 10.1. The zero-order valence-corrected chi connectivity index (χ0v) is 11.9. The predicted molar refractivity (Wildman–Crippen MR) is 80.3 cm³/mol. The molecule has 2 atom stereocenters. The molecule has 21 heavy (non-hydrogen) atoms. The highest BCUT2D eigenvalue weighted by Crippen LogP contribution is 2.49. The van der Waals surface area contributed by atoms with Crippen molar-refractivity contribution in [2.45, 2.75) is 25.2 Å². The smallest absolute Gasteiger partial charge is 0.303 e. The molecule has 114 valence electrons. The molecule has 0 aliphatic heterocycles. The lowest BCUT2D eigenvalue weighted by Gasteiger charge is -2.06. The first kappa shape index (κ1) is 15.2. The zero-order chi connectivity index (χ0) is 15.2. The minimum atomic E-state index is -0.719. The molecule has 5 N–H and O–H groups in total. The fourth-order valence-electron chi connectivity index (χ4n) is 2.38. The maximum Gasteiger partial charge on any atom is 0.303 e. The maximum absolute atomic E-state index is 10.6. The number of nitrogens with two attached hydrogens (primary N) is 2. The number of benzene rings is 1. The Morgan fingerprint density at radius 1 is 1.33 bits per heavy atom. The number of aliphatic imine (C=N–C) groups is 1. The van der Waals surface area contributed by atoms with Crippen LogP contribution < -0.4 is 16.2 Å². The Bertz CT molecular complexity index is 509. The van der Waals surface area contributed by atoms with Crippen LogP contribution in [0, 0.1) is 5.92 Å². The van der Waals surface area contributed by atoms with Crippen LogP contribution in [0.3, 0.4) is 0 Å². The first-order valence-electron chi connectivity index (χ1n) is 7.06. The van der Waals surface area contributed by atoms with Crippen molar-refractivity contribution in [3.8, 4) is 5.75 Å². The minimum Gasteiger partial charge on any atom is -0.494 e. The normalized spacial score (nSPS) is 19.8. The van der Waals surface area contributed by atoms with Crippen LogP contribution in [0.2, 0.25) is 0 Å². The molecular formula is C15H21N3O3. The summed E-state index contributed by atoms with van der Waals surface area (Å²) in [5, 5.41) is 8.76. The van der Waals surface area contributed by atoms with Gasteiger partial charge >= 0.3 is 5.97 Å². The van der Waals surface area contributed by atoms with Gasteiger partial charge in [0.15, 0.2) is 5.96 Å². The van der Waals surface area contributed by atoms with Crippen LogP contribution in [0.5, 0.6) is 5.75 Å². The van der Waals surface area contributed by atoms with Gasteiger partial charge in [0.1, 0.15) is 5.75 Å². The van der Waals surface area contributed by atoms with Crippen molar-refractivity contribution in [2.24, 2.45) is 22.4 Å². The summed E-state index contributed by atoms with van der Waals surface area (Å²) in [5.41, 5.74) is 11.6. The minimum absolute atomic E-state index is 0.0969. The molecule has 1 aliphatic rings. The fraction of sp³-hybridized carbons (Fsp3) is 0.467. The highest BCUT2D eigenvalue weighted by molar-refractivity contribution is 5.75. The van der Waals surface area contributed by atoms with Crippen molar-refractivity contribution >= 4 is 11.9 Å². The second-order valence-corrected chi connectivity index (χ2v) is 5.28. The van der Waals surface area contributed by atoms with Gasteiger partial charge in [0, 0.05) is 19.4 Å². The largest absolute Gasteiger partial charge is 0.494 e. The van der Waals surface area contributed by atoms with Crippen molar-refractivity contribution in [2.75, 3.05) is 13.2 Å². The van der Waals surface area contributed by atoms with E-state index in [1.807, 2.05) is 24.3 Å². The van der Waals surface area contributed by atoms with E-state index >= 15 is 0 Å². The van der Waals surface area contributed by atoms with E-state index in [1.54, 1.807) is 0 Å². The number of ether oxygens (including phenoxy) is 1. The number of hydrogen-bond acceptors (Lipinski definition) is 3. The van der Waals surface area contributed by atoms with E-state index in [0.717, 1.165) is 18.6 Å². The van der Waals surface area contributed by atoms with Gasteiger partial charge in [0.2, 0.25) is 0 Å². The number of carboxylic acids is 1. The molecule has 0 spiro atoms. The predicted octanol–water partition coefficient (Wildman–Crippen LogP) is 1.31. The summed E-state index contributed by atoms with van der Waals surface area (Å²) in [5.74, 6) is 0.854. The van der Waals surface area contributed by atoms with E-state index in [9.17, 15) is 4.79 Å². The van der Waals surface area contributed by atoms with Crippen molar-refractivity contribution < 1.29 is 14.6 Å². The molecule has 0 radical (unpaired) electrons. The number of nitrogens with zero attached hydrogens (tertiary/aromatic N) is 1. The summed E-state index contributed by atoms with van der Waals surface area (Å²) < 4.78 is 5.59. The highest BCUT2D eigenvalue weighted by atomic mass is 16.5. The van der Waals surface area contributed by atoms with Crippen molar-refractivity contribution in [3.63, 3.8) is 0 Å². The third-order valence-corrected chi connectivity index (χ3v) is 3.53. The van der Waals surface area contributed by atoms with Crippen LogP contribution in [0.15, 0.2) is 29.3 Å². The van der Waals surface area contributed by atoms with Gasteiger partial charge < -0.3 is 21.3 Å². The lowest BCUT2D eigenvalue weighted by molar-refractivity contribution is -0.137. The Morgan fingerprint density at radius 2 is 2.05 bits per heavy atom. The average Bonchev–Trinajstić information content (AvgIpc) is 3.17. The van der Waals surface area contributed by atoms with Gasteiger partial charge in [-0.15, -0.1) is 0 Å². The number of carbonyl (C=O) groups is 1. The van der Waals surface area contributed by atoms with Crippen LogP contribution in [0.1, 0.15) is 30.7 Å². The molecule has 2 unspecified atom stereocenters. The van der Waals surface area contributed by atoms with Crippen molar-refractivity contribution in [3.05, 3.63) is 29.8 Å². The van der Waals surface area contributed by atoms with Gasteiger partial charge in [0.05, 0.1) is 6.61 Å². The topological polar surface area (TPSA) is 111 Å². The van der Waals surface area contributed by atoms with Crippen LogP contribution in [-0.4, -0.2) is 30.2 Å². The number of hydrogen-bond donors (Lipinski definition) is 3. The van der Waals surface area contributed by atoms with Gasteiger partial charge in [-0.1, -0.05) is 12.1 Å². The van der Waals surface area contributed by atoms with Gasteiger partial charge in [0.25, 0.3) is 0 Å². The second-order valence-electron chi connectivity index (χ2n) is 5.28. The summed E-state index contributed by atoms with van der Waals surface area (Å²) in [7, 11) is 0. The maximum atomic E-state index is 10.6. The summed E-state index contributed by atoms with van der Waals surface area (Å²) in [6.07, 6.45) is 1.97. The third kappa shape index (κ3) is 4.98. The van der Waals surface area contributed by atoms with Crippen molar-refractivity contribution in [1.29, 1.82) is 0 Å². The number of guanidine groups is 1. The molecule has 1 aromatic carbocycles. The standard InChI is InChI=1S/C15H21N3O3/c16-15(17)18-6-1-7-21-12-4-2-10(3-5-12)13-8-11(13)9-14(19)20/h2-5,11,13H,1,6-9H2,(H,19,20)(H4,16,17,18). The number of carboxylic acid groups (broad SMARTS) is 1. The molecule has 1 aromatic rings. The fourth-order valence-corrected chi connectivity index (χ4v) is 2.38. The van der Waals surface area contributed by atoms with E-state index in [4.69, 9.17) is 21.3 Å². The quantitative estimate of drug-likeness (QED) is 0.380. The average molecular weight is 291 g/mol. The second kappa shape index (κ2) is 6.97. The zero-order valence-electron chi connectivity index (χ0n) is 11.9. The van der Waals surface area contributed by atoms with Crippen LogP contribution in [0.4, 0.5) is 0 Å². The molecule has 2 rings (SSSR count). The summed E-state index contributed by atoms with van der Waals surface area (Å²) in [6.45, 7) is 1.11. The van der Waals surface area contributed by atoms with Crippen LogP contribution in [-0.2, 0) is 4.79 Å². The molecule has 1 saturated carbocycles. The van der Waals surface area contributed by atoms with Gasteiger partial charge in [-0.2, -0.15) is 0 Å². The number of rotatable bonds is 8. The van der Waals surface area contributed by atoms with Gasteiger partial charge in [-0.3, -0.25) is 9.79 Å². The molecular weight excluding hydrogens is 270 g/mol. The molecule has 6 nitrogen and oxygen atoms in total. The molecule has 0 amide bonds. The first-order valence-corrected chi connectivity index (χ1v) is 7.06. The van der Waals surface area contributed by atoms with Crippen LogP contribution >= 0.6 is 0 Å². The summed E-state index contributed by atoms with van der Waals surface area (Å²) in [4.78, 5) is 14.5. The highest BCUT2D eigenvalue weighted by Gasteiger charge is 2.39. The summed E-state index contributed by atoms with van der Waals surface area (Å²) >= 11 is 0. The Kier molecular flexibility index (Phi) is 5.03. The first-order chi connectivity index (χ1) is 10.1. The number of aliphatic carboxylic acids is 1. The SMILES string of the molecule is NC(N)=NCCCOc1ccc(C2CC2CC(=O)O)cc1. The van der Waals surface area contributed by atoms with E-state index in [2.05, 4.69) is 4.99 Å². The third-order valence-electron chi connectivity index (χ3n) is 3.53. The molecule has 0 saturated heterocycles. The Morgan fingerprint density at radius 3 is 2.67 bits per heavy atom. The van der Waals surface area contributed by atoms with Crippen molar-refractivity contribution in [1.82, 2.24) is 0 Å².